The van der Waals surface area contributed by atoms with Crippen LogP contribution in [-0.2, 0) is 6.42 Å². The number of nitrogens with one attached hydrogen (secondary N) is 1. The molecule has 1 fully saturated rings. The molecular formula is C13H22N4O. The van der Waals surface area contributed by atoms with E-state index >= 15 is 0 Å². The number of aryl methyl sites for hydroxylation is 1. The van der Waals surface area contributed by atoms with E-state index in [2.05, 4.69) is 10.2 Å². The first kappa shape index (κ1) is 12.9. The van der Waals surface area contributed by atoms with Crippen LogP contribution in [0.15, 0.2) is 0 Å². The second kappa shape index (κ2) is 5.00. The molecule has 3 N–H and O–H groups in total. The van der Waals surface area contributed by atoms with Crippen LogP contribution < -0.4 is 5.73 Å². The van der Waals surface area contributed by atoms with Gasteiger partial charge in [-0.2, -0.15) is 5.10 Å². The van der Waals surface area contributed by atoms with Crippen molar-refractivity contribution in [1.82, 2.24) is 15.1 Å². The van der Waals surface area contributed by atoms with Crippen LogP contribution >= 0.6 is 0 Å². The highest BCUT2D eigenvalue weighted by Gasteiger charge is 2.30. The Morgan fingerprint density at radius 1 is 1.56 bits per heavy atom. The van der Waals surface area contributed by atoms with Gasteiger partial charge in [0.1, 0.15) is 0 Å². The third-order valence-electron chi connectivity index (χ3n) is 3.48. The van der Waals surface area contributed by atoms with Crippen molar-refractivity contribution in [2.45, 2.75) is 46.1 Å². The average Bonchev–Trinajstić information content (AvgIpc) is 3.07. The Balaban J connectivity index is 2.18. The average molecular weight is 250 g/mol. The lowest BCUT2D eigenvalue weighted by Gasteiger charge is -2.26. The van der Waals surface area contributed by atoms with Gasteiger partial charge in [0.15, 0.2) is 5.69 Å². The fraction of sp³-hybridized carbons (Fsp3) is 0.692. The number of H-pyrrole nitrogens is 1. The number of anilines is 1. The van der Waals surface area contributed by atoms with Crippen LogP contribution in [0.5, 0.6) is 0 Å². The third-order valence-corrected chi connectivity index (χ3v) is 3.48. The quantitative estimate of drug-likeness (QED) is 0.837. The molecule has 0 atom stereocenters. The van der Waals surface area contributed by atoms with Gasteiger partial charge in [-0.15, -0.1) is 0 Å². The summed E-state index contributed by atoms with van der Waals surface area (Å²) in [5.74, 6) is 0.618. The molecule has 0 saturated heterocycles. The van der Waals surface area contributed by atoms with Crippen molar-refractivity contribution in [2.24, 2.45) is 5.92 Å². The fourth-order valence-corrected chi connectivity index (χ4v) is 2.06. The van der Waals surface area contributed by atoms with Gasteiger partial charge in [-0.3, -0.25) is 9.89 Å². The minimum atomic E-state index is -0.0506. The standard InChI is InChI=1S/C13H22N4O/c1-4-10-11(14)12(16-15-10)13(18)17(8(2)3)7-9-5-6-9/h8-9H,4-7,14H2,1-3H3,(H,15,16). The van der Waals surface area contributed by atoms with E-state index in [1.54, 1.807) is 0 Å². The van der Waals surface area contributed by atoms with Crippen LogP contribution in [0.3, 0.4) is 0 Å². The van der Waals surface area contributed by atoms with E-state index in [0.29, 0.717) is 17.3 Å². The summed E-state index contributed by atoms with van der Waals surface area (Å²) < 4.78 is 0. The first-order chi connectivity index (χ1) is 8.54. The molecule has 1 amide bonds. The SMILES string of the molecule is CCc1[nH]nc(C(=O)N(CC2CC2)C(C)C)c1N. The molecule has 0 radical (unpaired) electrons. The van der Waals surface area contributed by atoms with E-state index in [1.807, 2.05) is 25.7 Å². The van der Waals surface area contributed by atoms with Crippen molar-refractivity contribution < 1.29 is 4.79 Å². The van der Waals surface area contributed by atoms with Crippen LogP contribution in [0.4, 0.5) is 5.69 Å². The summed E-state index contributed by atoms with van der Waals surface area (Å²) in [7, 11) is 0. The Hall–Kier alpha value is -1.52. The Morgan fingerprint density at radius 2 is 2.22 bits per heavy atom. The molecule has 1 aromatic rings. The summed E-state index contributed by atoms with van der Waals surface area (Å²) >= 11 is 0. The minimum absolute atomic E-state index is 0.0506. The number of nitrogen functional groups attached to an aromatic ring is 1. The molecular weight excluding hydrogens is 228 g/mol. The lowest BCUT2D eigenvalue weighted by atomic mass is 10.2. The number of carbonyl (C=O) groups is 1. The molecule has 100 valence electrons. The molecule has 0 bridgehead atoms. The number of aromatic amines is 1. The molecule has 1 heterocycles. The van der Waals surface area contributed by atoms with Gasteiger partial charge in [0, 0.05) is 12.6 Å². The monoisotopic (exact) mass is 250 g/mol. The number of carbonyl (C=O) groups excluding carboxylic acids is 1. The maximum absolute atomic E-state index is 12.5. The molecule has 18 heavy (non-hydrogen) atoms. The lowest BCUT2D eigenvalue weighted by molar-refractivity contribution is 0.0691. The second-order valence-electron chi connectivity index (χ2n) is 5.31. The van der Waals surface area contributed by atoms with Crippen molar-refractivity contribution in [2.75, 3.05) is 12.3 Å². The van der Waals surface area contributed by atoms with Gasteiger partial charge in [-0.1, -0.05) is 6.92 Å². The Morgan fingerprint density at radius 3 is 2.67 bits per heavy atom. The highest BCUT2D eigenvalue weighted by atomic mass is 16.2. The van der Waals surface area contributed by atoms with Crippen molar-refractivity contribution >= 4 is 11.6 Å². The molecule has 0 spiro atoms. The summed E-state index contributed by atoms with van der Waals surface area (Å²) in [6.07, 6.45) is 3.22. The van der Waals surface area contributed by atoms with Gasteiger partial charge >= 0.3 is 0 Å². The van der Waals surface area contributed by atoms with E-state index in [4.69, 9.17) is 5.73 Å². The molecule has 1 aliphatic rings. The summed E-state index contributed by atoms with van der Waals surface area (Å²) in [5.41, 5.74) is 7.68. The van der Waals surface area contributed by atoms with Crippen molar-refractivity contribution in [3.8, 4) is 0 Å². The topological polar surface area (TPSA) is 75.0 Å². The summed E-state index contributed by atoms with van der Waals surface area (Å²) in [5, 5.41) is 6.92. The molecule has 5 nitrogen and oxygen atoms in total. The van der Waals surface area contributed by atoms with Gasteiger partial charge in [-0.25, -0.2) is 0 Å². The molecule has 0 unspecified atom stereocenters. The maximum atomic E-state index is 12.5. The zero-order chi connectivity index (χ0) is 13.3. The molecule has 5 heteroatoms. The minimum Gasteiger partial charge on any atom is -0.395 e. The van der Waals surface area contributed by atoms with Crippen LogP contribution in [0.2, 0.25) is 0 Å². The summed E-state index contributed by atoms with van der Waals surface area (Å²) in [6, 6.07) is 0.180. The maximum Gasteiger partial charge on any atom is 0.276 e. The van der Waals surface area contributed by atoms with E-state index < -0.39 is 0 Å². The highest BCUT2D eigenvalue weighted by Crippen LogP contribution is 2.31. The second-order valence-corrected chi connectivity index (χ2v) is 5.31. The van der Waals surface area contributed by atoms with E-state index in [0.717, 1.165) is 18.7 Å². The van der Waals surface area contributed by atoms with Crippen molar-refractivity contribution in [3.63, 3.8) is 0 Å². The highest BCUT2D eigenvalue weighted by molar-refractivity contribution is 5.97. The molecule has 0 aromatic carbocycles. The summed E-state index contributed by atoms with van der Waals surface area (Å²) in [6.45, 7) is 6.88. The zero-order valence-corrected chi connectivity index (χ0v) is 11.4. The van der Waals surface area contributed by atoms with E-state index in [-0.39, 0.29) is 11.9 Å². The fourth-order valence-electron chi connectivity index (χ4n) is 2.06. The summed E-state index contributed by atoms with van der Waals surface area (Å²) in [4.78, 5) is 14.3. The predicted octanol–water partition coefficient (Wildman–Crippen LogP) is 1.81. The third kappa shape index (κ3) is 2.49. The van der Waals surface area contributed by atoms with Crippen molar-refractivity contribution in [3.05, 3.63) is 11.4 Å². The number of hydrogen-bond acceptors (Lipinski definition) is 3. The van der Waals surface area contributed by atoms with Gasteiger partial charge in [0.2, 0.25) is 0 Å². The number of amides is 1. The molecule has 2 rings (SSSR count). The smallest absolute Gasteiger partial charge is 0.276 e. The van der Waals surface area contributed by atoms with Gasteiger partial charge < -0.3 is 10.6 Å². The van der Waals surface area contributed by atoms with Gasteiger partial charge in [0.05, 0.1) is 11.4 Å². The van der Waals surface area contributed by atoms with Gasteiger partial charge in [0.25, 0.3) is 5.91 Å². The number of nitrogens with zero attached hydrogens (tertiary/aromatic N) is 2. The first-order valence-corrected chi connectivity index (χ1v) is 6.68. The number of nitrogens with two attached hydrogens (primary N) is 1. The van der Waals surface area contributed by atoms with E-state index in [1.165, 1.54) is 12.8 Å². The Labute approximate surface area is 108 Å². The van der Waals surface area contributed by atoms with Crippen molar-refractivity contribution in [1.29, 1.82) is 0 Å². The van der Waals surface area contributed by atoms with Crippen LogP contribution in [-0.4, -0.2) is 33.6 Å². The number of rotatable bonds is 5. The number of hydrogen-bond donors (Lipinski definition) is 2. The molecule has 0 aliphatic heterocycles. The van der Waals surface area contributed by atoms with Crippen LogP contribution in [0.1, 0.15) is 49.8 Å². The predicted molar refractivity (Wildman–Crippen MR) is 71.3 cm³/mol. The lowest BCUT2D eigenvalue weighted by Crippen LogP contribution is -2.39. The van der Waals surface area contributed by atoms with Crippen LogP contribution in [0, 0.1) is 5.92 Å². The van der Waals surface area contributed by atoms with Gasteiger partial charge in [-0.05, 0) is 39.0 Å². The Bertz CT molecular complexity index is 434. The molecule has 1 saturated carbocycles. The number of aromatic nitrogens is 2. The molecule has 1 aromatic heterocycles. The van der Waals surface area contributed by atoms with Crippen LogP contribution in [0.25, 0.3) is 0 Å². The molecule has 1 aliphatic carbocycles. The largest absolute Gasteiger partial charge is 0.395 e. The Kier molecular flexibility index (Phi) is 3.59. The zero-order valence-electron chi connectivity index (χ0n) is 11.4. The normalized spacial score (nSPS) is 15.1. The first-order valence-electron chi connectivity index (χ1n) is 6.68. The van der Waals surface area contributed by atoms with E-state index in [9.17, 15) is 4.79 Å².